The number of aromatic nitrogens is 4. The molecule has 0 radical (unpaired) electrons. The molecule has 3 aromatic rings. The predicted octanol–water partition coefficient (Wildman–Crippen LogP) is 3.49. The van der Waals surface area contributed by atoms with E-state index in [1.165, 1.54) is 12.1 Å². The van der Waals surface area contributed by atoms with Crippen molar-refractivity contribution in [1.82, 2.24) is 20.4 Å². The van der Waals surface area contributed by atoms with Gasteiger partial charge in [-0.15, -0.1) is 21.5 Å². The highest BCUT2D eigenvalue weighted by molar-refractivity contribution is 7.09. The number of benzene rings is 1. The first kappa shape index (κ1) is 21.0. The van der Waals surface area contributed by atoms with Crippen molar-refractivity contribution in [2.24, 2.45) is 17.3 Å². The van der Waals surface area contributed by atoms with Crippen molar-refractivity contribution >= 4 is 33.7 Å². The second-order valence-corrected chi connectivity index (χ2v) is 11.2. The van der Waals surface area contributed by atoms with Crippen LogP contribution >= 0.6 is 11.3 Å². The van der Waals surface area contributed by atoms with Gasteiger partial charge in [0.05, 0.1) is 13.2 Å². The Kier molecular flexibility index (Phi) is 4.83. The van der Waals surface area contributed by atoms with Crippen LogP contribution in [0.4, 0.5) is 11.5 Å². The van der Waals surface area contributed by atoms with E-state index in [9.17, 15) is 0 Å². The fraction of sp³-hybridized carbons (Fsp3) is 0.600. The van der Waals surface area contributed by atoms with E-state index in [1.807, 2.05) is 6.20 Å². The first-order chi connectivity index (χ1) is 16.7. The van der Waals surface area contributed by atoms with E-state index in [0.717, 1.165) is 80.6 Å². The van der Waals surface area contributed by atoms with E-state index in [1.54, 1.807) is 11.3 Å². The average Bonchev–Trinajstić information content (AvgIpc) is 3.20. The molecule has 0 bridgehead atoms. The maximum atomic E-state index is 6.66. The number of morpholine rings is 1. The van der Waals surface area contributed by atoms with Crippen LogP contribution in [0, 0.1) is 17.3 Å². The number of hydrogen-bond acceptors (Lipinski definition) is 9. The van der Waals surface area contributed by atoms with Crippen LogP contribution in [0.25, 0.3) is 10.9 Å². The summed E-state index contributed by atoms with van der Waals surface area (Å²) in [6.45, 7) is 8.48. The summed E-state index contributed by atoms with van der Waals surface area (Å²) < 4.78 is 12.2. The van der Waals surface area contributed by atoms with E-state index in [2.05, 4.69) is 55.7 Å². The van der Waals surface area contributed by atoms with Gasteiger partial charge in [-0.05, 0) is 48.6 Å². The molecular weight excluding hydrogens is 448 g/mol. The molecule has 0 N–H and O–H groups in total. The third-order valence-electron chi connectivity index (χ3n) is 8.63. The Bertz CT molecular complexity index is 1200. The van der Waals surface area contributed by atoms with Gasteiger partial charge in [0, 0.05) is 66.8 Å². The second-order valence-electron chi connectivity index (χ2n) is 10.3. The predicted molar refractivity (Wildman–Crippen MR) is 131 cm³/mol. The van der Waals surface area contributed by atoms with Crippen LogP contribution in [0.5, 0.6) is 0 Å². The molecule has 4 unspecified atom stereocenters. The quantitative estimate of drug-likeness (QED) is 0.566. The number of piperidine rings is 1. The summed E-state index contributed by atoms with van der Waals surface area (Å²) in [5.41, 5.74) is 1.93. The van der Waals surface area contributed by atoms with Crippen LogP contribution in [0.2, 0.25) is 0 Å². The number of ether oxygens (including phenoxy) is 2. The van der Waals surface area contributed by atoms with Crippen molar-refractivity contribution < 1.29 is 9.47 Å². The lowest BCUT2D eigenvalue weighted by Crippen LogP contribution is -2.41. The lowest BCUT2D eigenvalue weighted by atomic mass is 9.87. The highest BCUT2D eigenvalue weighted by Gasteiger charge is 2.82. The minimum atomic E-state index is -0.239. The average molecular weight is 479 g/mol. The lowest BCUT2D eigenvalue weighted by molar-refractivity contribution is -0.0406. The number of hydrogen-bond donors (Lipinski definition) is 0. The van der Waals surface area contributed by atoms with Crippen molar-refractivity contribution in [3.05, 3.63) is 34.8 Å². The molecule has 2 aromatic heterocycles. The molecule has 5 heterocycles. The third-order valence-corrected chi connectivity index (χ3v) is 9.52. The van der Waals surface area contributed by atoms with Crippen LogP contribution in [0.15, 0.2) is 29.8 Å². The van der Waals surface area contributed by atoms with Gasteiger partial charge < -0.3 is 19.3 Å². The van der Waals surface area contributed by atoms with E-state index in [-0.39, 0.29) is 11.0 Å². The fourth-order valence-corrected chi connectivity index (χ4v) is 8.13. The first-order valence-corrected chi connectivity index (χ1v) is 13.4. The van der Waals surface area contributed by atoms with Gasteiger partial charge in [0.15, 0.2) is 5.82 Å². The summed E-state index contributed by atoms with van der Waals surface area (Å²) in [6.07, 6.45) is 5.35. The highest BCUT2D eigenvalue weighted by Crippen LogP contribution is 2.77. The molecule has 34 heavy (non-hydrogen) atoms. The molecule has 8 nitrogen and oxygen atoms in total. The summed E-state index contributed by atoms with van der Waals surface area (Å²) >= 11 is 1.75. The summed E-state index contributed by atoms with van der Waals surface area (Å²) in [4.78, 5) is 9.56. The molecule has 4 fully saturated rings. The van der Waals surface area contributed by atoms with Gasteiger partial charge in [-0.2, -0.15) is 0 Å². The molecular formula is C25H30N6O2S. The largest absolute Gasteiger partial charge is 0.378 e. The first-order valence-electron chi connectivity index (χ1n) is 12.5. The lowest BCUT2D eigenvalue weighted by Gasteiger charge is -2.36. The zero-order valence-corrected chi connectivity index (χ0v) is 20.3. The number of nitrogens with zero attached hydrogens (tertiary/aromatic N) is 6. The molecule has 178 valence electrons. The minimum Gasteiger partial charge on any atom is -0.378 e. The monoisotopic (exact) mass is 478 g/mol. The molecule has 7 rings (SSSR count). The van der Waals surface area contributed by atoms with E-state index >= 15 is 0 Å². The van der Waals surface area contributed by atoms with Crippen molar-refractivity contribution in [2.75, 3.05) is 55.8 Å². The van der Waals surface area contributed by atoms with Gasteiger partial charge >= 0.3 is 0 Å². The number of thiazole rings is 1. The number of rotatable bonds is 3. The Morgan fingerprint density at radius 1 is 1.09 bits per heavy atom. The molecule has 9 heteroatoms. The number of anilines is 2. The molecule has 1 aromatic carbocycles. The summed E-state index contributed by atoms with van der Waals surface area (Å²) in [7, 11) is 0. The van der Waals surface area contributed by atoms with Crippen LogP contribution < -0.4 is 9.80 Å². The Morgan fingerprint density at radius 3 is 2.85 bits per heavy atom. The molecule has 3 aliphatic heterocycles. The SMILES string of the molecule is CC1CCOC2(c3nccs3)C1C21CCCN(c2nnnc3cc(N4CCOCC4)ccc23)C1. The van der Waals surface area contributed by atoms with E-state index in [0.29, 0.717) is 11.8 Å². The normalized spacial score (nSPS) is 33.3. The number of fused-ring (bicyclic) bond motifs is 4. The molecule has 4 aliphatic rings. The van der Waals surface area contributed by atoms with Crippen molar-refractivity contribution in [3.8, 4) is 0 Å². The standard InChI is InChI=1S/C25H30N6O2S/c1-17-5-11-33-25(23-26-7-14-34-23)21(17)24(25)6-2-8-31(16-24)22-19-4-3-18(15-20(19)27-29-28-22)30-9-12-32-13-10-30/h3-4,7,14-15,17,21H,2,5-6,8-13,16H2,1H3. The van der Waals surface area contributed by atoms with Gasteiger partial charge in [0.25, 0.3) is 0 Å². The Labute approximate surface area is 203 Å². The van der Waals surface area contributed by atoms with Gasteiger partial charge in [-0.3, -0.25) is 0 Å². The maximum Gasteiger partial charge on any atom is 0.162 e. The molecule has 1 saturated carbocycles. The topological polar surface area (TPSA) is 76.5 Å². The van der Waals surface area contributed by atoms with Crippen LogP contribution in [0.1, 0.15) is 31.2 Å². The fourth-order valence-electron chi connectivity index (χ4n) is 7.19. The van der Waals surface area contributed by atoms with Crippen molar-refractivity contribution in [1.29, 1.82) is 0 Å². The maximum absolute atomic E-state index is 6.66. The van der Waals surface area contributed by atoms with Gasteiger partial charge in [0.2, 0.25) is 0 Å². The molecule has 1 spiro atoms. The van der Waals surface area contributed by atoms with E-state index in [4.69, 9.17) is 14.5 Å². The highest BCUT2D eigenvalue weighted by atomic mass is 32.1. The Hall–Kier alpha value is -2.36. The third kappa shape index (κ3) is 2.90. The van der Waals surface area contributed by atoms with Crippen molar-refractivity contribution in [2.45, 2.75) is 31.8 Å². The smallest absolute Gasteiger partial charge is 0.162 e. The zero-order valence-electron chi connectivity index (χ0n) is 19.5. The summed E-state index contributed by atoms with van der Waals surface area (Å²) in [6, 6.07) is 6.52. The van der Waals surface area contributed by atoms with Gasteiger partial charge in [-0.25, -0.2) is 4.98 Å². The summed E-state index contributed by atoms with van der Waals surface area (Å²) in [5, 5.41) is 17.5. The summed E-state index contributed by atoms with van der Waals surface area (Å²) in [5.74, 6) is 2.09. The molecule has 4 atom stereocenters. The minimum absolute atomic E-state index is 0.0873. The van der Waals surface area contributed by atoms with Crippen molar-refractivity contribution in [3.63, 3.8) is 0 Å². The van der Waals surface area contributed by atoms with Crippen LogP contribution in [0.3, 0.4) is 0 Å². The van der Waals surface area contributed by atoms with Gasteiger partial charge in [0.1, 0.15) is 16.1 Å². The zero-order chi connectivity index (χ0) is 22.8. The molecule has 1 aliphatic carbocycles. The molecule has 3 saturated heterocycles. The second kappa shape index (κ2) is 7.83. The Balaban J connectivity index is 1.24. The molecule has 0 amide bonds. The van der Waals surface area contributed by atoms with Crippen LogP contribution in [-0.4, -0.2) is 66.4 Å². The van der Waals surface area contributed by atoms with Crippen LogP contribution in [-0.2, 0) is 15.1 Å². The van der Waals surface area contributed by atoms with E-state index < -0.39 is 0 Å². The van der Waals surface area contributed by atoms with Gasteiger partial charge in [-0.1, -0.05) is 6.92 Å². The Morgan fingerprint density at radius 2 is 2.00 bits per heavy atom.